The highest BCUT2D eigenvalue weighted by Crippen LogP contribution is 2.69. The van der Waals surface area contributed by atoms with Crippen molar-refractivity contribution in [2.24, 2.45) is 58.2 Å². The third-order valence-corrected chi connectivity index (χ3v) is 11.1. The SMILES string of the molecule is CC[C@H]1[C@@H](O)C2C3CC[C@H]([C@H](C)CC(C)C)[C@@]3(C)[C@@H](O)CC2[C@@]2(C)CC[C@@H](O)C[C@@H]12. The summed E-state index contributed by atoms with van der Waals surface area (Å²) < 4.78 is 0. The molecule has 3 heteroatoms. The highest BCUT2D eigenvalue weighted by atomic mass is 16.3. The summed E-state index contributed by atoms with van der Waals surface area (Å²) >= 11 is 0. The van der Waals surface area contributed by atoms with E-state index in [9.17, 15) is 15.3 Å². The van der Waals surface area contributed by atoms with E-state index in [1.165, 1.54) is 19.3 Å². The van der Waals surface area contributed by atoms with Crippen molar-refractivity contribution < 1.29 is 15.3 Å². The fourth-order valence-corrected chi connectivity index (χ4v) is 9.80. The molecule has 4 aliphatic carbocycles. The second kappa shape index (κ2) is 8.03. The minimum atomic E-state index is -0.278. The summed E-state index contributed by atoms with van der Waals surface area (Å²) in [4.78, 5) is 0. The van der Waals surface area contributed by atoms with Gasteiger partial charge in [0.15, 0.2) is 0 Å². The fraction of sp³-hybridized carbons (Fsp3) is 1.00. The Labute approximate surface area is 185 Å². The molecule has 4 rings (SSSR count). The molecule has 0 saturated heterocycles. The summed E-state index contributed by atoms with van der Waals surface area (Å²) in [6, 6.07) is 0. The number of aliphatic hydroxyl groups is 3. The first-order valence-electron chi connectivity index (χ1n) is 13.1. The first kappa shape index (κ1) is 23.1. The molecule has 3 nitrogen and oxygen atoms in total. The first-order chi connectivity index (χ1) is 14.1. The zero-order valence-corrected chi connectivity index (χ0v) is 20.3. The zero-order chi connectivity index (χ0) is 22.0. The van der Waals surface area contributed by atoms with Crippen molar-refractivity contribution in [3.8, 4) is 0 Å². The van der Waals surface area contributed by atoms with Crippen LogP contribution in [0.25, 0.3) is 0 Å². The zero-order valence-electron chi connectivity index (χ0n) is 20.3. The second-order valence-corrected chi connectivity index (χ2v) is 12.8. The molecule has 0 aromatic carbocycles. The van der Waals surface area contributed by atoms with E-state index in [0.29, 0.717) is 41.4 Å². The molecule has 12 atom stereocenters. The molecule has 0 amide bonds. The van der Waals surface area contributed by atoms with Crippen molar-refractivity contribution >= 4 is 0 Å². The van der Waals surface area contributed by atoms with Crippen molar-refractivity contribution in [2.45, 2.75) is 111 Å². The maximum atomic E-state index is 11.8. The lowest BCUT2D eigenvalue weighted by molar-refractivity contribution is -0.228. The largest absolute Gasteiger partial charge is 0.393 e. The molecule has 0 aromatic heterocycles. The van der Waals surface area contributed by atoms with Crippen LogP contribution in [0.5, 0.6) is 0 Å². The van der Waals surface area contributed by atoms with Gasteiger partial charge in [0, 0.05) is 0 Å². The van der Waals surface area contributed by atoms with Gasteiger partial charge in [-0.25, -0.2) is 0 Å². The smallest absolute Gasteiger partial charge is 0.0605 e. The summed E-state index contributed by atoms with van der Waals surface area (Å²) in [7, 11) is 0. The van der Waals surface area contributed by atoms with E-state index in [4.69, 9.17) is 0 Å². The van der Waals surface area contributed by atoms with Crippen molar-refractivity contribution in [1.29, 1.82) is 0 Å². The van der Waals surface area contributed by atoms with Gasteiger partial charge in [-0.2, -0.15) is 0 Å². The molecular weight excluding hydrogens is 372 g/mol. The van der Waals surface area contributed by atoms with Gasteiger partial charge in [0.05, 0.1) is 18.3 Å². The maximum absolute atomic E-state index is 11.8. The molecule has 3 N–H and O–H groups in total. The van der Waals surface area contributed by atoms with Crippen LogP contribution in [0.3, 0.4) is 0 Å². The van der Waals surface area contributed by atoms with Crippen LogP contribution in [-0.2, 0) is 0 Å². The second-order valence-electron chi connectivity index (χ2n) is 12.8. The Morgan fingerprint density at radius 1 is 0.900 bits per heavy atom. The standard InChI is InChI=1S/C27H48O3/c1-7-18-21-13-17(28)10-11-26(21,5)22-14-23(29)27(6)19(16(4)12-15(2)3)8-9-20(27)24(22)25(18)30/h15-25,28-30H,7-14H2,1-6H3/t16-,17-,18-,19-,20?,21+,22?,23+,24?,25-,26+,27-/m1/s1. The van der Waals surface area contributed by atoms with Gasteiger partial charge in [-0.3, -0.25) is 0 Å². The molecule has 0 heterocycles. The molecule has 0 radical (unpaired) electrons. The van der Waals surface area contributed by atoms with Gasteiger partial charge in [0.25, 0.3) is 0 Å². The number of fused-ring (bicyclic) bond motifs is 5. The predicted molar refractivity (Wildman–Crippen MR) is 122 cm³/mol. The van der Waals surface area contributed by atoms with Crippen LogP contribution in [0.1, 0.15) is 92.9 Å². The molecular formula is C27H48O3. The molecule has 0 aliphatic heterocycles. The van der Waals surface area contributed by atoms with Crippen LogP contribution >= 0.6 is 0 Å². The summed E-state index contributed by atoms with van der Waals surface area (Å²) in [6.45, 7) is 14.1. The molecule has 0 spiro atoms. The molecule has 0 bridgehead atoms. The van der Waals surface area contributed by atoms with Crippen LogP contribution in [0.15, 0.2) is 0 Å². The van der Waals surface area contributed by atoms with Crippen LogP contribution in [0.4, 0.5) is 0 Å². The van der Waals surface area contributed by atoms with Crippen LogP contribution in [-0.4, -0.2) is 33.6 Å². The number of hydrogen-bond donors (Lipinski definition) is 3. The Morgan fingerprint density at radius 2 is 1.60 bits per heavy atom. The van der Waals surface area contributed by atoms with Gasteiger partial charge >= 0.3 is 0 Å². The van der Waals surface area contributed by atoms with Crippen LogP contribution in [0.2, 0.25) is 0 Å². The molecule has 30 heavy (non-hydrogen) atoms. The lowest BCUT2D eigenvalue weighted by Crippen LogP contribution is -2.65. The monoisotopic (exact) mass is 420 g/mol. The molecule has 174 valence electrons. The first-order valence-corrected chi connectivity index (χ1v) is 13.1. The Hall–Kier alpha value is -0.120. The Balaban J connectivity index is 1.70. The van der Waals surface area contributed by atoms with E-state index < -0.39 is 0 Å². The van der Waals surface area contributed by atoms with E-state index in [1.54, 1.807) is 0 Å². The van der Waals surface area contributed by atoms with Gasteiger partial charge in [0.2, 0.25) is 0 Å². The quantitative estimate of drug-likeness (QED) is 0.581. The van der Waals surface area contributed by atoms with Gasteiger partial charge < -0.3 is 15.3 Å². The summed E-state index contributed by atoms with van der Waals surface area (Å²) in [5.41, 5.74) is 0.0832. The van der Waals surface area contributed by atoms with E-state index in [2.05, 4.69) is 41.5 Å². The van der Waals surface area contributed by atoms with Crippen molar-refractivity contribution in [2.75, 3.05) is 0 Å². The average molecular weight is 421 g/mol. The normalized spacial score (nSPS) is 54.4. The predicted octanol–water partition coefficient (Wildman–Crippen LogP) is 5.27. The minimum absolute atomic E-state index is 0.0634. The lowest BCUT2D eigenvalue weighted by Gasteiger charge is -2.65. The average Bonchev–Trinajstić information content (AvgIpc) is 3.02. The lowest BCUT2D eigenvalue weighted by atomic mass is 9.41. The van der Waals surface area contributed by atoms with Gasteiger partial charge in [-0.1, -0.05) is 48.0 Å². The molecule has 4 saturated carbocycles. The maximum Gasteiger partial charge on any atom is 0.0605 e. The Morgan fingerprint density at radius 3 is 2.23 bits per heavy atom. The van der Waals surface area contributed by atoms with Crippen LogP contribution < -0.4 is 0 Å². The van der Waals surface area contributed by atoms with Crippen molar-refractivity contribution in [3.05, 3.63) is 0 Å². The van der Waals surface area contributed by atoms with Crippen LogP contribution in [0, 0.1) is 58.2 Å². The van der Waals surface area contributed by atoms with E-state index in [-0.39, 0.29) is 35.1 Å². The van der Waals surface area contributed by atoms with Gasteiger partial charge in [-0.15, -0.1) is 0 Å². The minimum Gasteiger partial charge on any atom is -0.393 e. The third kappa shape index (κ3) is 3.24. The van der Waals surface area contributed by atoms with Gasteiger partial charge in [-0.05, 0) is 103 Å². The highest BCUT2D eigenvalue weighted by molar-refractivity contribution is 5.15. The molecule has 3 unspecified atom stereocenters. The van der Waals surface area contributed by atoms with E-state index in [1.807, 2.05) is 0 Å². The number of rotatable bonds is 4. The van der Waals surface area contributed by atoms with Gasteiger partial charge in [0.1, 0.15) is 0 Å². The highest BCUT2D eigenvalue weighted by Gasteiger charge is 2.67. The van der Waals surface area contributed by atoms with E-state index >= 15 is 0 Å². The molecule has 4 fully saturated rings. The summed E-state index contributed by atoms with van der Waals surface area (Å²) in [6.07, 6.45) is 7.45. The molecule has 4 aliphatic rings. The fourth-order valence-electron chi connectivity index (χ4n) is 9.80. The Bertz CT molecular complexity index is 619. The summed E-state index contributed by atoms with van der Waals surface area (Å²) in [5, 5.41) is 33.9. The number of hydrogen-bond acceptors (Lipinski definition) is 3. The van der Waals surface area contributed by atoms with Crippen molar-refractivity contribution in [3.63, 3.8) is 0 Å². The number of aliphatic hydroxyl groups excluding tert-OH is 3. The summed E-state index contributed by atoms with van der Waals surface area (Å²) in [5.74, 6) is 3.69. The Kier molecular flexibility index (Phi) is 6.17. The van der Waals surface area contributed by atoms with E-state index in [0.717, 1.165) is 32.1 Å². The topological polar surface area (TPSA) is 60.7 Å². The third-order valence-electron chi connectivity index (χ3n) is 11.1. The van der Waals surface area contributed by atoms with Crippen molar-refractivity contribution in [1.82, 2.24) is 0 Å². The molecule has 0 aromatic rings.